The van der Waals surface area contributed by atoms with Crippen LogP contribution in [-0.4, -0.2) is 0 Å². The van der Waals surface area contributed by atoms with Gasteiger partial charge in [0, 0.05) is 5.56 Å². The summed E-state index contributed by atoms with van der Waals surface area (Å²) in [6.07, 6.45) is 5.41. The maximum atomic E-state index is 5.20. The van der Waals surface area contributed by atoms with Crippen LogP contribution in [0.1, 0.15) is 12.5 Å². The smallest absolute Gasteiger partial charge is 0.133 e. The molecule has 0 radical (unpaired) electrons. The molecular formula is C11H12O. The highest BCUT2D eigenvalue weighted by Gasteiger charge is 1.95. The maximum Gasteiger partial charge on any atom is 0.133 e. The van der Waals surface area contributed by atoms with Crippen molar-refractivity contribution in [3.63, 3.8) is 0 Å². The summed E-state index contributed by atoms with van der Waals surface area (Å²) in [5.41, 5.74) is 1.07. The van der Waals surface area contributed by atoms with Gasteiger partial charge >= 0.3 is 0 Å². The molecule has 0 aliphatic rings. The molecule has 62 valence electrons. The molecule has 0 aliphatic carbocycles. The summed E-state index contributed by atoms with van der Waals surface area (Å²) < 4.78 is 5.20. The monoisotopic (exact) mass is 160 g/mol. The summed E-state index contributed by atoms with van der Waals surface area (Å²) in [5, 5.41) is 0. The fourth-order valence-corrected chi connectivity index (χ4v) is 0.995. The molecule has 1 nitrogen and oxygen atoms in total. The number of rotatable bonds is 3. The molecule has 0 spiro atoms. The summed E-state index contributed by atoms with van der Waals surface area (Å²) >= 11 is 0. The van der Waals surface area contributed by atoms with Gasteiger partial charge in [-0.1, -0.05) is 36.9 Å². The first-order chi connectivity index (χ1) is 5.88. The van der Waals surface area contributed by atoms with Gasteiger partial charge in [0.25, 0.3) is 0 Å². The highest BCUT2D eigenvalue weighted by Crippen LogP contribution is 2.19. The number of hydrogen-bond donors (Lipinski definition) is 0. The molecule has 0 atom stereocenters. The van der Waals surface area contributed by atoms with Crippen molar-refractivity contribution >= 4 is 6.08 Å². The van der Waals surface area contributed by atoms with E-state index in [1.54, 1.807) is 0 Å². The van der Waals surface area contributed by atoms with Crippen LogP contribution in [0.15, 0.2) is 43.2 Å². The molecule has 0 N–H and O–H groups in total. The highest BCUT2D eigenvalue weighted by molar-refractivity contribution is 5.56. The summed E-state index contributed by atoms with van der Waals surface area (Å²) in [6.45, 7) is 5.49. The number of benzene rings is 1. The number of para-hydroxylation sites is 1. The second kappa shape index (κ2) is 4.39. The second-order valence-corrected chi connectivity index (χ2v) is 2.32. The van der Waals surface area contributed by atoms with E-state index in [4.69, 9.17) is 4.74 Å². The van der Waals surface area contributed by atoms with Gasteiger partial charge in [-0.05, 0) is 13.0 Å². The molecule has 0 aliphatic heterocycles. The zero-order valence-electron chi connectivity index (χ0n) is 7.16. The van der Waals surface area contributed by atoms with Crippen LogP contribution in [0, 0.1) is 0 Å². The van der Waals surface area contributed by atoms with Crippen molar-refractivity contribution in [2.24, 2.45) is 0 Å². The SMILES string of the molecule is C=COc1ccccc1C=CC. The van der Waals surface area contributed by atoms with Crippen molar-refractivity contribution in [3.05, 3.63) is 48.7 Å². The Labute approximate surface area is 73.0 Å². The standard InChI is InChI=1S/C11H12O/c1-3-7-10-8-5-6-9-11(10)12-4-2/h3-9H,2H2,1H3. The molecule has 0 bridgehead atoms. The van der Waals surface area contributed by atoms with Crippen molar-refractivity contribution < 1.29 is 4.74 Å². The Hall–Kier alpha value is -1.50. The van der Waals surface area contributed by atoms with E-state index in [0.29, 0.717) is 0 Å². The van der Waals surface area contributed by atoms with Crippen molar-refractivity contribution in [2.45, 2.75) is 6.92 Å². The van der Waals surface area contributed by atoms with Crippen molar-refractivity contribution in [1.82, 2.24) is 0 Å². The van der Waals surface area contributed by atoms with E-state index in [0.717, 1.165) is 11.3 Å². The van der Waals surface area contributed by atoms with Gasteiger partial charge in [-0.2, -0.15) is 0 Å². The zero-order chi connectivity index (χ0) is 8.81. The summed E-state index contributed by atoms with van der Waals surface area (Å²) in [5.74, 6) is 0.839. The molecule has 1 rings (SSSR count). The van der Waals surface area contributed by atoms with Gasteiger partial charge in [-0.15, -0.1) is 0 Å². The minimum atomic E-state index is 0.839. The number of allylic oxidation sites excluding steroid dienone is 1. The Morgan fingerprint density at radius 1 is 1.33 bits per heavy atom. The lowest BCUT2D eigenvalue weighted by molar-refractivity contribution is 0.482. The average Bonchev–Trinajstić information content (AvgIpc) is 2.09. The van der Waals surface area contributed by atoms with Gasteiger partial charge in [-0.3, -0.25) is 0 Å². The second-order valence-electron chi connectivity index (χ2n) is 2.32. The molecule has 1 aromatic rings. The third-order valence-electron chi connectivity index (χ3n) is 1.48. The lowest BCUT2D eigenvalue weighted by Gasteiger charge is -2.02. The van der Waals surface area contributed by atoms with Crippen LogP contribution < -0.4 is 4.74 Å². The third kappa shape index (κ3) is 1.99. The van der Waals surface area contributed by atoms with Crippen molar-refractivity contribution in [3.8, 4) is 5.75 Å². The Kier molecular flexibility index (Phi) is 3.15. The summed E-state index contributed by atoms with van der Waals surface area (Å²) in [7, 11) is 0. The van der Waals surface area contributed by atoms with E-state index in [1.807, 2.05) is 43.3 Å². The molecule has 0 unspecified atom stereocenters. The fraction of sp³-hybridized carbons (Fsp3) is 0.0909. The third-order valence-corrected chi connectivity index (χ3v) is 1.48. The van der Waals surface area contributed by atoms with E-state index in [1.165, 1.54) is 6.26 Å². The van der Waals surface area contributed by atoms with Crippen LogP contribution in [-0.2, 0) is 0 Å². The van der Waals surface area contributed by atoms with Crippen LogP contribution in [0.3, 0.4) is 0 Å². The van der Waals surface area contributed by atoms with Crippen LogP contribution in [0.4, 0.5) is 0 Å². The molecule has 0 fully saturated rings. The van der Waals surface area contributed by atoms with Gasteiger partial charge < -0.3 is 4.74 Å². The van der Waals surface area contributed by atoms with E-state index in [9.17, 15) is 0 Å². The molecule has 0 amide bonds. The molecule has 12 heavy (non-hydrogen) atoms. The van der Waals surface area contributed by atoms with Crippen LogP contribution >= 0.6 is 0 Å². The summed E-state index contributed by atoms with van der Waals surface area (Å²) in [4.78, 5) is 0. The van der Waals surface area contributed by atoms with E-state index >= 15 is 0 Å². The van der Waals surface area contributed by atoms with Gasteiger partial charge in [-0.25, -0.2) is 0 Å². The van der Waals surface area contributed by atoms with E-state index in [-0.39, 0.29) is 0 Å². The summed E-state index contributed by atoms with van der Waals surface area (Å²) in [6, 6.07) is 7.83. The Morgan fingerprint density at radius 2 is 2.08 bits per heavy atom. The van der Waals surface area contributed by atoms with Crippen LogP contribution in [0.5, 0.6) is 5.75 Å². The Bertz CT molecular complexity index is 287. The quantitative estimate of drug-likeness (QED) is 0.617. The molecule has 0 saturated carbocycles. The first-order valence-corrected chi connectivity index (χ1v) is 3.87. The molecule has 0 saturated heterocycles. The first kappa shape index (κ1) is 8.60. The number of hydrogen-bond acceptors (Lipinski definition) is 1. The van der Waals surface area contributed by atoms with Gasteiger partial charge in [0.2, 0.25) is 0 Å². The zero-order valence-corrected chi connectivity index (χ0v) is 7.16. The molecule has 1 aromatic carbocycles. The predicted octanol–water partition coefficient (Wildman–Crippen LogP) is 3.24. The normalized spacial score (nSPS) is 10.1. The maximum absolute atomic E-state index is 5.20. The van der Waals surface area contributed by atoms with Gasteiger partial charge in [0.05, 0.1) is 6.26 Å². The molecule has 0 heterocycles. The topological polar surface area (TPSA) is 9.23 Å². The largest absolute Gasteiger partial charge is 0.465 e. The van der Waals surface area contributed by atoms with E-state index < -0.39 is 0 Å². The Balaban J connectivity index is 2.99. The number of ether oxygens (including phenoxy) is 1. The van der Waals surface area contributed by atoms with Crippen LogP contribution in [0.2, 0.25) is 0 Å². The van der Waals surface area contributed by atoms with Crippen molar-refractivity contribution in [1.29, 1.82) is 0 Å². The first-order valence-electron chi connectivity index (χ1n) is 3.87. The van der Waals surface area contributed by atoms with Crippen LogP contribution in [0.25, 0.3) is 6.08 Å². The lowest BCUT2D eigenvalue weighted by Crippen LogP contribution is -1.83. The fourth-order valence-electron chi connectivity index (χ4n) is 0.995. The lowest BCUT2D eigenvalue weighted by atomic mass is 10.2. The highest BCUT2D eigenvalue weighted by atomic mass is 16.5. The van der Waals surface area contributed by atoms with E-state index in [2.05, 4.69) is 6.58 Å². The molecule has 0 aromatic heterocycles. The minimum absolute atomic E-state index is 0.839. The molecule has 1 heteroatoms. The average molecular weight is 160 g/mol. The predicted molar refractivity (Wildman–Crippen MR) is 52.0 cm³/mol. The van der Waals surface area contributed by atoms with Crippen molar-refractivity contribution in [2.75, 3.05) is 0 Å². The Morgan fingerprint density at radius 3 is 2.75 bits per heavy atom. The van der Waals surface area contributed by atoms with Gasteiger partial charge in [0.1, 0.15) is 5.75 Å². The minimum Gasteiger partial charge on any atom is -0.465 e. The molecular weight excluding hydrogens is 148 g/mol. The van der Waals surface area contributed by atoms with Gasteiger partial charge in [0.15, 0.2) is 0 Å².